The summed E-state index contributed by atoms with van der Waals surface area (Å²) in [5.41, 5.74) is 0.828. The first-order valence-corrected chi connectivity index (χ1v) is 8.02. The quantitative estimate of drug-likeness (QED) is 0.900. The Morgan fingerprint density at radius 1 is 1.42 bits per heavy atom. The van der Waals surface area contributed by atoms with Gasteiger partial charge in [-0.3, -0.25) is 4.79 Å². The van der Waals surface area contributed by atoms with E-state index in [0.717, 1.165) is 5.56 Å². The van der Waals surface area contributed by atoms with Crippen LogP contribution in [0.3, 0.4) is 0 Å². The fraction of sp³-hybridized carbons (Fsp3) is 0.462. The average Bonchev–Trinajstić information content (AvgIpc) is 2.28. The first kappa shape index (κ1) is 15.8. The molecule has 0 bridgehead atoms. The molecule has 0 radical (unpaired) electrons. The van der Waals surface area contributed by atoms with Crippen LogP contribution in [0.1, 0.15) is 24.8 Å². The summed E-state index contributed by atoms with van der Waals surface area (Å²) in [4.78, 5) is 11.7. The zero-order valence-corrected chi connectivity index (χ0v) is 11.8. The van der Waals surface area contributed by atoms with Gasteiger partial charge in [-0.15, -0.1) is 0 Å². The highest BCUT2D eigenvalue weighted by molar-refractivity contribution is 7.93. The molecule has 0 heterocycles. The van der Waals surface area contributed by atoms with E-state index in [0.29, 0.717) is 0 Å². The van der Waals surface area contributed by atoms with Crippen LogP contribution in [-0.4, -0.2) is 33.8 Å². The van der Waals surface area contributed by atoms with E-state index >= 15 is 0 Å². The molecule has 6 heteroatoms. The molecule has 1 aromatic rings. The lowest BCUT2D eigenvalue weighted by molar-refractivity contribution is -0.117. The van der Waals surface area contributed by atoms with E-state index in [2.05, 4.69) is 4.36 Å². The third-order valence-corrected chi connectivity index (χ3v) is 4.21. The summed E-state index contributed by atoms with van der Waals surface area (Å²) < 4.78 is 28.2. The number of amides is 1. The lowest BCUT2D eigenvalue weighted by atomic mass is 9.98. The molecule has 0 saturated heterocycles. The number of carbonyl (C=O) groups excluding carboxylic acids is 1. The van der Waals surface area contributed by atoms with Crippen molar-refractivity contribution in [1.29, 1.82) is 0 Å². The molecular formula is C13H18FNO3S. The highest BCUT2D eigenvalue weighted by Crippen LogP contribution is 2.20. The first-order chi connectivity index (χ1) is 8.84. The topological polar surface area (TPSA) is 66.7 Å². The molecule has 0 aromatic heterocycles. The lowest BCUT2D eigenvalue weighted by Crippen LogP contribution is -2.11. The van der Waals surface area contributed by atoms with Crippen LogP contribution in [0, 0.1) is 5.82 Å². The van der Waals surface area contributed by atoms with Gasteiger partial charge in [-0.1, -0.05) is 19.1 Å². The Kier molecular flexibility index (Phi) is 5.62. The van der Waals surface area contributed by atoms with Crippen molar-refractivity contribution < 1.29 is 18.5 Å². The second kappa shape index (κ2) is 6.77. The monoisotopic (exact) mass is 287 g/mol. The summed E-state index contributed by atoms with van der Waals surface area (Å²) in [7, 11) is -2.65. The SMILES string of the molecule is CC(CC(=O)N=S(C)(=O)CCO)c1ccc(F)cc1. The number of hydrogen-bond donors (Lipinski definition) is 1. The standard InChI is InChI=1S/C13H18FNO3S/c1-10(11-3-5-12(14)6-4-11)9-13(17)15-19(2,18)8-7-16/h3-6,10,16H,7-9H2,1-2H3. The summed E-state index contributed by atoms with van der Waals surface area (Å²) >= 11 is 0. The van der Waals surface area contributed by atoms with Crippen molar-refractivity contribution in [3.8, 4) is 0 Å². The highest BCUT2D eigenvalue weighted by Gasteiger charge is 2.12. The molecule has 0 aliphatic rings. The molecule has 0 saturated carbocycles. The molecule has 1 aromatic carbocycles. The van der Waals surface area contributed by atoms with Crippen LogP contribution in [0.2, 0.25) is 0 Å². The number of aliphatic hydroxyl groups excluding tert-OH is 1. The van der Waals surface area contributed by atoms with E-state index in [-0.39, 0.29) is 30.5 Å². The van der Waals surface area contributed by atoms with Gasteiger partial charge in [-0.2, -0.15) is 4.36 Å². The van der Waals surface area contributed by atoms with Crippen LogP contribution in [0.4, 0.5) is 4.39 Å². The molecule has 1 N–H and O–H groups in total. The van der Waals surface area contributed by atoms with Crippen molar-refractivity contribution in [2.75, 3.05) is 18.6 Å². The molecule has 106 valence electrons. The minimum absolute atomic E-state index is 0.0102. The van der Waals surface area contributed by atoms with Crippen molar-refractivity contribution >= 4 is 15.6 Å². The number of aliphatic hydroxyl groups is 1. The Balaban J connectivity index is 2.72. The second-order valence-electron chi connectivity index (χ2n) is 4.53. The number of rotatable bonds is 5. The maximum absolute atomic E-state index is 12.8. The van der Waals surface area contributed by atoms with E-state index in [1.807, 2.05) is 6.92 Å². The van der Waals surface area contributed by atoms with Gasteiger partial charge in [0.25, 0.3) is 5.91 Å². The molecule has 19 heavy (non-hydrogen) atoms. The van der Waals surface area contributed by atoms with Crippen LogP contribution < -0.4 is 0 Å². The maximum atomic E-state index is 12.8. The third kappa shape index (κ3) is 5.48. The Labute approximate surface area is 112 Å². The van der Waals surface area contributed by atoms with Gasteiger partial charge >= 0.3 is 0 Å². The summed E-state index contributed by atoms with van der Waals surface area (Å²) in [6, 6.07) is 5.90. The number of nitrogens with zero attached hydrogens (tertiary/aromatic N) is 1. The van der Waals surface area contributed by atoms with Crippen LogP contribution >= 0.6 is 0 Å². The number of halogens is 1. The molecule has 4 nitrogen and oxygen atoms in total. The molecule has 1 rings (SSSR count). The van der Waals surface area contributed by atoms with Crippen molar-refractivity contribution in [1.82, 2.24) is 0 Å². The molecular weight excluding hydrogens is 269 g/mol. The zero-order valence-electron chi connectivity index (χ0n) is 11.0. The number of benzene rings is 1. The van der Waals surface area contributed by atoms with E-state index in [1.165, 1.54) is 18.4 Å². The predicted octanol–water partition coefficient (Wildman–Crippen LogP) is 1.94. The van der Waals surface area contributed by atoms with E-state index in [1.54, 1.807) is 12.1 Å². The fourth-order valence-electron chi connectivity index (χ4n) is 1.64. The summed E-state index contributed by atoms with van der Waals surface area (Å²) in [6.07, 6.45) is 1.46. The second-order valence-corrected chi connectivity index (χ2v) is 7.04. The van der Waals surface area contributed by atoms with Crippen molar-refractivity contribution in [2.24, 2.45) is 4.36 Å². The van der Waals surface area contributed by atoms with Gasteiger partial charge in [0.15, 0.2) is 0 Å². The van der Waals surface area contributed by atoms with Crippen LogP contribution in [-0.2, 0) is 14.5 Å². The van der Waals surface area contributed by atoms with Gasteiger partial charge in [-0.05, 0) is 23.6 Å². The van der Waals surface area contributed by atoms with Crippen LogP contribution in [0.5, 0.6) is 0 Å². The van der Waals surface area contributed by atoms with Gasteiger partial charge in [0.2, 0.25) is 0 Å². The predicted molar refractivity (Wildman–Crippen MR) is 72.9 cm³/mol. The molecule has 2 atom stereocenters. The number of hydrogen-bond acceptors (Lipinski definition) is 3. The Bertz CT molecular complexity index is 548. The van der Waals surface area contributed by atoms with Gasteiger partial charge in [0.05, 0.1) is 22.1 Å². The molecule has 1 amide bonds. The molecule has 0 spiro atoms. The maximum Gasteiger partial charge on any atom is 0.254 e. The van der Waals surface area contributed by atoms with Crippen molar-refractivity contribution in [3.63, 3.8) is 0 Å². The Morgan fingerprint density at radius 3 is 2.53 bits per heavy atom. The Morgan fingerprint density at radius 2 is 2.00 bits per heavy atom. The van der Waals surface area contributed by atoms with Gasteiger partial charge in [0.1, 0.15) is 5.82 Å². The van der Waals surface area contributed by atoms with Crippen LogP contribution in [0.15, 0.2) is 28.6 Å². The van der Waals surface area contributed by atoms with E-state index < -0.39 is 15.6 Å². The molecule has 0 fully saturated rings. The fourth-order valence-corrected chi connectivity index (χ4v) is 2.57. The molecule has 2 unspecified atom stereocenters. The Hall–Kier alpha value is -1.27. The summed E-state index contributed by atoms with van der Waals surface area (Å²) in [5.74, 6) is -0.922. The summed E-state index contributed by atoms with van der Waals surface area (Å²) in [6.45, 7) is 1.56. The highest BCUT2D eigenvalue weighted by atomic mass is 32.2. The normalized spacial score (nSPS) is 15.6. The van der Waals surface area contributed by atoms with Crippen LogP contribution in [0.25, 0.3) is 0 Å². The zero-order chi connectivity index (χ0) is 14.5. The smallest absolute Gasteiger partial charge is 0.254 e. The summed E-state index contributed by atoms with van der Waals surface area (Å²) in [5, 5.41) is 8.71. The van der Waals surface area contributed by atoms with E-state index in [4.69, 9.17) is 5.11 Å². The van der Waals surface area contributed by atoms with Crippen molar-refractivity contribution in [3.05, 3.63) is 35.6 Å². The first-order valence-electron chi connectivity index (χ1n) is 5.93. The molecule has 0 aliphatic heterocycles. The average molecular weight is 287 g/mol. The minimum atomic E-state index is -2.65. The third-order valence-electron chi connectivity index (χ3n) is 2.68. The largest absolute Gasteiger partial charge is 0.395 e. The molecule has 0 aliphatic carbocycles. The number of carbonyl (C=O) groups is 1. The lowest BCUT2D eigenvalue weighted by Gasteiger charge is -2.09. The van der Waals surface area contributed by atoms with Crippen molar-refractivity contribution in [2.45, 2.75) is 19.3 Å². The van der Waals surface area contributed by atoms with Gasteiger partial charge < -0.3 is 5.11 Å². The minimum Gasteiger partial charge on any atom is -0.395 e. The van der Waals surface area contributed by atoms with Gasteiger partial charge in [0, 0.05) is 12.7 Å². The van der Waals surface area contributed by atoms with Gasteiger partial charge in [-0.25, -0.2) is 8.60 Å². The van der Waals surface area contributed by atoms with E-state index in [9.17, 15) is 13.4 Å².